The van der Waals surface area contributed by atoms with Crippen molar-refractivity contribution in [3.8, 4) is 5.88 Å². The van der Waals surface area contributed by atoms with Gasteiger partial charge in [0.15, 0.2) is 0 Å². The topological polar surface area (TPSA) is 72.1 Å². The Morgan fingerprint density at radius 1 is 1.73 bits per heavy atom. The molecule has 1 heterocycles. The van der Waals surface area contributed by atoms with Gasteiger partial charge in [0, 0.05) is 11.8 Å². The van der Waals surface area contributed by atoms with Crippen molar-refractivity contribution in [2.45, 2.75) is 6.92 Å². The van der Waals surface area contributed by atoms with Crippen LogP contribution in [-0.4, -0.2) is 16.4 Å². The number of hydrogen-bond acceptors (Lipinski definition) is 4. The maximum atomic E-state index is 10.6. The van der Waals surface area contributed by atoms with Crippen molar-refractivity contribution in [3.63, 3.8) is 0 Å². The average Bonchev–Trinajstić information content (AvgIpc) is 1.98. The van der Waals surface area contributed by atoms with Crippen LogP contribution in [0.3, 0.4) is 0 Å². The first kappa shape index (κ1) is 7.46. The van der Waals surface area contributed by atoms with Crippen LogP contribution in [0, 0.1) is 6.92 Å². The van der Waals surface area contributed by atoms with Gasteiger partial charge in [-0.2, -0.15) is 0 Å². The van der Waals surface area contributed by atoms with E-state index in [1.54, 1.807) is 6.92 Å². The van der Waals surface area contributed by atoms with Gasteiger partial charge in [-0.25, -0.2) is 9.78 Å². The van der Waals surface area contributed by atoms with Crippen molar-refractivity contribution in [1.29, 1.82) is 0 Å². The van der Waals surface area contributed by atoms with Gasteiger partial charge in [0.1, 0.15) is 0 Å². The van der Waals surface area contributed by atoms with E-state index in [1.165, 1.54) is 6.20 Å². The molecular formula is C6H6N2O3. The van der Waals surface area contributed by atoms with E-state index in [4.69, 9.17) is 0 Å². The molecule has 0 unspecified atom stereocenters. The fraction of sp³-hybridized carbons (Fsp3) is 0.167. The normalized spacial score (nSPS) is 9.18. The van der Waals surface area contributed by atoms with E-state index in [2.05, 4.69) is 14.7 Å². The minimum absolute atomic E-state index is 0.139. The summed E-state index contributed by atoms with van der Waals surface area (Å²) in [5, 5.41) is 0. The highest BCUT2D eigenvalue weighted by Gasteiger charge is 1.98. The summed E-state index contributed by atoms with van der Waals surface area (Å²) < 4.78 is 4.44. The lowest BCUT2D eigenvalue weighted by atomic mass is 10.4. The van der Waals surface area contributed by atoms with Crippen LogP contribution in [0.25, 0.3) is 0 Å². The Balaban J connectivity index is 3.12. The molecule has 1 rings (SSSR count). The molecule has 0 spiro atoms. The molecule has 1 aromatic rings. The molecule has 0 radical (unpaired) electrons. The molecule has 5 heteroatoms. The Morgan fingerprint density at radius 3 is 3.09 bits per heavy atom. The summed E-state index contributed by atoms with van der Waals surface area (Å²) in [5.74, 6) is 0.139. The second-order valence-corrected chi connectivity index (χ2v) is 1.91. The molecule has 0 saturated heterocycles. The minimum atomic E-state index is -0.535. The van der Waals surface area contributed by atoms with Crippen LogP contribution < -0.4 is 10.4 Å². The van der Waals surface area contributed by atoms with Crippen molar-refractivity contribution >= 4 is 6.47 Å². The number of ether oxygens (including phenoxy) is 1. The highest BCUT2D eigenvalue weighted by Crippen LogP contribution is 2.07. The van der Waals surface area contributed by atoms with Crippen LogP contribution in [0.1, 0.15) is 5.56 Å². The molecule has 0 bridgehead atoms. The average molecular weight is 154 g/mol. The lowest BCUT2D eigenvalue weighted by Gasteiger charge is -1.98. The summed E-state index contributed by atoms with van der Waals surface area (Å²) in [5.41, 5.74) is 0.0733. The van der Waals surface area contributed by atoms with Gasteiger partial charge in [0.25, 0.3) is 6.47 Å². The molecule has 0 aliphatic carbocycles. The van der Waals surface area contributed by atoms with E-state index >= 15 is 0 Å². The summed E-state index contributed by atoms with van der Waals surface area (Å²) in [7, 11) is 0. The van der Waals surface area contributed by atoms with E-state index in [0.29, 0.717) is 5.56 Å². The first-order chi connectivity index (χ1) is 5.24. The number of carbonyl (C=O) groups excluding carboxylic acids is 1. The minimum Gasteiger partial charge on any atom is -0.411 e. The Kier molecular flexibility index (Phi) is 2.00. The van der Waals surface area contributed by atoms with Gasteiger partial charge in [-0.1, -0.05) is 0 Å². The maximum Gasteiger partial charge on any atom is 0.347 e. The number of aryl methyl sites for hydroxylation is 1. The fourth-order valence-electron chi connectivity index (χ4n) is 0.613. The van der Waals surface area contributed by atoms with Crippen LogP contribution in [0.15, 0.2) is 11.0 Å². The van der Waals surface area contributed by atoms with Gasteiger partial charge in [-0.05, 0) is 6.92 Å². The zero-order chi connectivity index (χ0) is 8.27. The van der Waals surface area contributed by atoms with Crippen LogP contribution >= 0.6 is 0 Å². The molecule has 0 aromatic carbocycles. The zero-order valence-corrected chi connectivity index (χ0v) is 5.83. The highest BCUT2D eigenvalue weighted by molar-refractivity contribution is 5.44. The molecular weight excluding hydrogens is 148 g/mol. The van der Waals surface area contributed by atoms with Gasteiger partial charge in [-0.3, -0.25) is 9.78 Å². The third kappa shape index (κ3) is 1.64. The number of aromatic amines is 1. The van der Waals surface area contributed by atoms with Crippen molar-refractivity contribution in [1.82, 2.24) is 9.97 Å². The fourth-order valence-corrected chi connectivity index (χ4v) is 0.613. The van der Waals surface area contributed by atoms with Gasteiger partial charge in [-0.15, -0.1) is 0 Å². The molecule has 11 heavy (non-hydrogen) atoms. The SMILES string of the molecule is Cc1cnc(=O)[nH]c1OC=O. The number of rotatable bonds is 2. The van der Waals surface area contributed by atoms with E-state index in [9.17, 15) is 9.59 Å². The van der Waals surface area contributed by atoms with E-state index in [-0.39, 0.29) is 12.4 Å². The monoisotopic (exact) mass is 154 g/mol. The molecule has 0 aliphatic rings. The molecule has 5 nitrogen and oxygen atoms in total. The van der Waals surface area contributed by atoms with Gasteiger partial charge in [0.2, 0.25) is 5.88 Å². The van der Waals surface area contributed by atoms with E-state index in [0.717, 1.165) is 0 Å². The van der Waals surface area contributed by atoms with Gasteiger partial charge in [0.05, 0.1) is 0 Å². The van der Waals surface area contributed by atoms with Crippen LogP contribution in [0.2, 0.25) is 0 Å². The van der Waals surface area contributed by atoms with E-state index in [1.807, 2.05) is 0 Å². The molecule has 0 aliphatic heterocycles. The molecule has 1 aromatic heterocycles. The smallest absolute Gasteiger partial charge is 0.347 e. The summed E-state index contributed by atoms with van der Waals surface area (Å²) in [4.78, 5) is 26.1. The van der Waals surface area contributed by atoms with Crippen LogP contribution in [0.5, 0.6) is 5.88 Å². The summed E-state index contributed by atoms with van der Waals surface area (Å²) in [6.07, 6.45) is 1.33. The Labute approximate surface area is 62.0 Å². The van der Waals surface area contributed by atoms with Crippen molar-refractivity contribution in [2.75, 3.05) is 0 Å². The number of hydrogen-bond donors (Lipinski definition) is 1. The van der Waals surface area contributed by atoms with Gasteiger partial charge >= 0.3 is 5.69 Å². The standard InChI is InChI=1S/C6H6N2O3/c1-4-2-7-6(10)8-5(4)11-3-9/h2-3H,1H3,(H,7,8,10). The highest BCUT2D eigenvalue weighted by atomic mass is 16.5. The number of nitrogens with zero attached hydrogens (tertiary/aromatic N) is 1. The van der Waals surface area contributed by atoms with Gasteiger partial charge < -0.3 is 4.74 Å². The molecule has 0 fully saturated rings. The number of nitrogens with one attached hydrogen (secondary N) is 1. The number of H-pyrrole nitrogens is 1. The summed E-state index contributed by atoms with van der Waals surface area (Å²) in [6.45, 7) is 1.92. The lowest BCUT2D eigenvalue weighted by Crippen LogP contribution is -2.11. The Hall–Kier alpha value is -1.65. The Bertz CT molecular complexity index is 318. The summed E-state index contributed by atoms with van der Waals surface area (Å²) >= 11 is 0. The first-order valence-corrected chi connectivity index (χ1v) is 2.90. The lowest BCUT2D eigenvalue weighted by molar-refractivity contribution is -0.121. The predicted octanol–water partition coefficient (Wildman–Crippen LogP) is -0.386. The van der Waals surface area contributed by atoms with E-state index < -0.39 is 5.69 Å². The predicted molar refractivity (Wildman–Crippen MR) is 36.3 cm³/mol. The number of carbonyl (C=O) groups is 1. The number of aromatic nitrogens is 2. The second-order valence-electron chi connectivity index (χ2n) is 1.91. The molecule has 1 N–H and O–H groups in total. The zero-order valence-electron chi connectivity index (χ0n) is 5.83. The molecule has 0 saturated carbocycles. The largest absolute Gasteiger partial charge is 0.411 e. The molecule has 0 atom stereocenters. The second kappa shape index (κ2) is 2.96. The quantitative estimate of drug-likeness (QED) is 0.589. The summed E-state index contributed by atoms with van der Waals surface area (Å²) in [6, 6.07) is 0. The van der Waals surface area contributed by atoms with Crippen molar-refractivity contribution < 1.29 is 9.53 Å². The maximum absolute atomic E-state index is 10.6. The third-order valence-electron chi connectivity index (χ3n) is 1.12. The van der Waals surface area contributed by atoms with Crippen molar-refractivity contribution in [3.05, 3.63) is 22.2 Å². The third-order valence-corrected chi connectivity index (χ3v) is 1.12. The van der Waals surface area contributed by atoms with Crippen LogP contribution in [0.4, 0.5) is 0 Å². The van der Waals surface area contributed by atoms with Crippen LogP contribution in [-0.2, 0) is 4.79 Å². The molecule has 58 valence electrons. The Morgan fingerprint density at radius 2 is 2.45 bits per heavy atom. The first-order valence-electron chi connectivity index (χ1n) is 2.90. The van der Waals surface area contributed by atoms with Crippen molar-refractivity contribution in [2.24, 2.45) is 0 Å². The molecule has 0 amide bonds.